The molecular weight excluding hydrogens is 821 g/mol. The SMILES string of the molecule is C=Cc1cc2c(c(C(=C/CC)/C=C(\C)N(C/C=C\C(=C/CC)c3ccc(/C(C)=C/C=C\c4ccccc4)cc3)C3C=CC(c4ccccc4)=CC3)c1/C=C\C)c1ccccc1n2-c1ccccc1. The summed E-state index contributed by atoms with van der Waals surface area (Å²) in [4.78, 5) is 2.58. The molecule has 0 spiro atoms. The highest BCUT2D eigenvalue weighted by Gasteiger charge is 2.23. The fourth-order valence-corrected chi connectivity index (χ4v) is 9.50. The highest BCUT2D eigenvalue weighted by atomic mass is 15.2. The summed E-state index contributed by atoms with van der Waals surface area (Å²) in [5, 5.41) is 2.49. The van der Waals surface area contributed by atoms with Crippen LogP contribution >= 0.6 is 0 Å². The lowest BCUT2D eigenvalue weighted by Crippen LogP contribution is -2.33. The van der Waals surface area contributed by atoms with Gasteiger partial charge in [-0.1, -0.05) is 221 Å². The molecule has 1 aliphatic rings. The van der Waals surface area contributed by atoms with Crippen molar-refractivity contribution in [3.8, 4) is 5.69 Å². The van der Waals surface area contributed by atoms with Crippen molar-refractivity contribution in [1.82, 2.24) is 9.47 Å². The Labute approximate surface area is 405 Å². The van der Waals surface area contributed by atoms with Gasteiger partial charge in [0.2, 0.25) is 0 Å². The van der Waals surface area contributed by atoms with Gasteiger partial charge in [-0.2, -0.15) is 0 Å². The smallest absolute Gasteiger partial charge is 0.0553 e. The highest BCUT2D eigenvalue weighted by Crippen LogP contribution is 2.42. The summed E-state index contributed by atoms with van der Waals surface area (Å²) in [6.45, 7) is 16.2. The van der Waals surface area contributed by atoms with E-state index in [-0.39, 0.29) is 6.04 Å². The first-order valence-corrected chi connectivity index (χ1v) is 24.3. The van der Waals surface area contributed by atoms with Crippen molar-refractivity contribution in [3.63, 3.8) is 0 Å². The zero-order valence-electron chi connectivity index (χ0n) is 40.4. The highest BCUT2D eigenvalue weighted by molar-refractivity contribution is 6.16. The lowest BCUT2D eigenvalue weighted by molar-refractivity contribution is 0.322. The fraction of sp³-hybridized carbons (Fsp3) is 0.152. The van der Waals surface area contributed by atoms with Crippen molar-refractivity contribution < 1.29 is 0 Å². The van der Waals surface area contributed by atoms with Crippen LogP contribution in [0.25, 0.3) is 68.0 Å². The van der Waals surface area contributed by atoms with E-state index < -0.39 is 0 Å². The number of hydrogen-bond acceptors (Lipinski definition) is 1. The molecule has 68 heavy (non-hydrogen) atoms. The quantitative estimate of drug-likeness (QED) is 0.0827. The first kappa shape index (κ1) is 46.8. The first-order valence-electron chi connectivity index (χ1n) is 24.3. The van der Waals surface area contributed by atoms with Crippen molar-refractivity contribution >= 4 is 62.3 Å². The number of allylic oxidation sites excluding steroid dienone is 13. The van der Waals surface area contributed by atoms with Gasteiger partial charge < -0.3 is 9.47 Å². The van der Waals surface area contributed by atoms with Crippen LogP contribution in [0.3, 0.4) is 0 Å². The van der Waals surface area contributed by atoms with Crippen LogP contribution in [0.2, 0.25) is 0 Å². The molecule has 0 N–H and O–H groups in total. The molecule has 0 saturated carbocycles. The molecule has 0 aliphatic heterocycles. The minimum atomic E-state index is 0.171. The summed E-state index contributed by atoms with van der Waals surface area (Å²) in [6, 6.07) is 52.3. The molecular formula is C66H64N2. The summed E-state index contributed by atoms with van der Waals surface area (Å²) < 4.78 is 2.42. The lowest BCUT2D eigenvalue weighted by Gasteiger charge is -2.33. The third-order valence-electron chi connectivity index (χ3n) is 12.8. The molecule has 0 amide bonds. The minimum Gasteiger partial charge on any atom is -0.365 e. The maximum Gasteiger partial charge on any atom is 0.0553 e. The molecule has 0 saturated heterocycles. The van der Waals surface area contributed by atoms with Gasteiger partial charge in [-0.3, -0.25) is 0 Å². The third-order valence-corrected chi connectivity index (χ3v) is 12.8. The third kappa shape index (κ3) is 10.6. The molecule has 0 fully saturated rings. The maximum atomic E-state index is 4.36. The molecule has 1 unspecified atom stereocenters. The van der Waals surface area contributed by atoms with E-state index in [9.17, 15) is 0 Å². The summed E-state index contributed by atoms with van der Waals surface area (Å²) in [5.74, 6) is 0. The summed E-state index contributed by atoms with van der Waals surface area (Å²) in [7, 11) is 0. The minimum absolute atomic E-state index is 0.171. The Balaban J connectivity index is 1.18. The molecule has 7 aromatic rings. The van der Waals surface area contributed by atoms with Crippen molar-refractivity contribution in [2.45, 2.75) is 59.9 Å². The van der Waals surface area contributed by atoms with Gasteiger partial charge in [0, 0.05) is 28.7 Å². The Morgan fingerprint density at radius 2 is 1.40 bits per heavy atom. The van der Waals surface area contributed by atoms with Gasteiger partial charge in [0.25, 0.3) is 0 Å². The van der Waals surface area contributed by atoms with Gasteiger partial charge in [0.05, 0.1) is 17.1 Å². The van der Waals surface area contributed by atoms with E-state index in [1.165, 1.54) is 83.2 Å². The number of fused-ring (bicyclic) bond motifs is 3. The fourth-order valence-electron chi connectivity index (χ4n) is 9.50. The second-order valence-electron chi connectivity index (χ2n) is 17.4. The normalized spacial score (nSPS) is 15.1. The predicted octanol–water partition coefficient (Wildman–Crippen LogP) is 18.0. The van der Waals surface area contributed by atoms with Gasteiger partial charge in [0.15, 0.2) is 0 Å². The molecule has 2 nitrogen and oxygen atoms in total. The Hall–Kier alpha value is -7.68. The Bertz CT molecular complexity index is 3140. The van der Waals surface area contributed by atoms with E-state index in [4.69, 9.17) is 0 Å². The van der Waals surface area contributed by atoms with Crippen LogP contribution in [0.4, 0.5) is 0 Å². The molecule has 2 heteroatoms. The largest absolute Gasteiger partial charge is 0.365 e. The Kier molecular flexibility index (Phi) is 15.6. The molecule has 1 atom stereocenters. The standard InChI is InChI=1S/C66H64N2/c1-7-24-54(56-40-38-53(39-41-56)49(5)27-22-30-51-28-14-11-15-29-51)33-23-46-67(59-44-42-57(43-45-59)55-31-16-12-17-32-55)50(6)47-58(25-8-2)65-61(26-9-3)52(10-4)48-64-66(65)62-36-20-21-37-63(62)68(64)60-34-18-13-19-35-60/h9-44,47-48,59H,4,7-8,45-46H2,1-3,5-6H3/b26-9-,30-22-,33-23-,49-27+,50-47+,54-24+,58-25+. The number of aromatic nitrogens is 1. The second kappa shape index (κ2) is 22.7. The molecule has 6 aromatic carbocycles. The Morgan fingerprint density at radius 3 is 2.07 bits per heavy atom. The van der Waals surface area contributed by atoms with Crippen LogP contribution in [-0.2, 0) is 0 Å². The van der Waals surface area contributed by atoms with Gasteiger partial charge in [-0.25, -0.2) is 0 Å². The maximum absolute atomic E-state index is 4.36. The number of nitrogens with zero attached hydrogens (tertiary/aromatic N) is 2. The van der Waals surface area contributed by atoms with Gasteiger partial charge >= 0.3 is 0 Å². The summed E-state index contributed by atoms with van der Waals surface area (Å²) in [5.41, 5.74) is 18.1. The Morgan fingerprint density at radius 1 is 0.735 bits per heavy atom. The van der Waals surface area contributed by atoms with Crippen molar-refractivity contribution in [1.29, 1.82) is 0 Å². The van der Waals surface area contributed by atoms with Crippen molar-refractivity contribution in [3.05, 3.63) is 264 Å². The molecule has 1 heterocycles. The van der Waals surface area contributed by atoms with E-state index in [0.29, 0.717) is 0 Å². The zero-order valence-corrected chi connectivity index (χ0v) is 40.4. The van der Waals surface area contributed by atoms with E-state index >= 15 is 0 Å². The molecule has 8 rings (SSSR count). The molecule has 0 radical (unpaired) electrons. The van der Waals surface area contributed by atoms with Crippen LogP contribution in [-0.4, -0.2) is 22.1 Å². The van der Waals surface area contributed by atoms with Gasteiger partial charge in [0.1, 0.15) is 0 Å². The summed E-state index contributed by atoms with van der Waals surface area (Å²) in [6.07, 6.45) is 34.7. The molecule has 1 aromatic heterocycles. The average molecular weight is 885 g/mol. The zero-order chi connectivity index (χ0) is 47.2. The number of rotatable bonds is 17. The monoisotopic (exact) mass is 885 g/mol. The first-order chi connectivity index (χ1) is 33.4. The molecule has 338 valence electrons. The van der Waals surface area contributed by atoms with Crippen LogP contribution in [0.5, 0.6) is 0 Å². The lowest BCUT2D eigenvalue weighted by atomic mass is 9.89. The van der Waals surface area contributed by atoms with Crippen molar-refractivity contribution in [2.75, 3.05) is 6.54 Å². The topological polar surface area (TPSA) is 8.17 Å². The van der Waals surface area contributed by atoms with Gasteiger partial charge in [-0.15, -0.1) is 0 Å². The van der Waals surface area contributed by atoms with E-state index in [1.54, 1.807) is 0 Å². The summed E-state index contributed by atoms with van der Waals surface area (Å²) >= 11 is 0. The van der Waals surface area contributed by atoms with Crippen LogP contribution in [0.1, 0.15) is 92.8 Å². The van der Waals surface area contributed by atoms with Crippen LogP contribution < -0.4 is 0 Å². The van der Waals surface area contributed by atoms with E-state index in [0.717, 1.165) is 37.1 Å². The van der Waals surface area contributed by atoms with Crippen LogP contribution in [0.15, 0.2) is 225 Å². The van der Waals surface area contributed by atoms with Gasteiger partial charge in [-0.05, 0) is 132 Å². The number of hydrogen-bond donors (Lipinski definition) is 0. The second-order valence-corrected chi connectivity index (χ2v) is 17.4. The van der Waals surface area contributed by atoms with E-state index in [1.807, 2.05) is 12.1 Å². The number of benzene rings is 6. The van der Waals surface area contributed by atoms with E-state index in [2.05, 4.69) is 269 Å². The van der Waals surface area contributed by atoms with Crippen LogP contribution in [0, 0.1) is 0 Å². The van der Waals surface area contributed by atoms with Crippen molar-refractivity contribution in [2.24, 2.45) is 0 Å². The number of para-hydroxylation sites is 2. The predicted molar refractivity (Wildman–Crippen MR) is 299 cm³/mol. The molecule has 0 bridgehead atoms. The average Bonchev–Trinajstić information content (AvgIpc) is 3.71. The molecule has 1 aliphatic carbocycles.